The van der Waals surface area contributed by atoms with Crippen LogP contribution >= 0.6 is 23.2 Å². The Morgan fingerprint density at radius 3 is 1.75 bits per heavy atom. The van der Waals surface area contributed by atoms with Crippen molar-refractivity contribution >= 4 is 34.1 Å². The van der Waals surface area contributed by atoms with Crippen LogP contribution in [0.4, 0.5) is 0 Å². The largest absolute Gasteiger partial charge is 0.310 e. The van der Waals surface area contributed by atoms with Gasteiger partial charge in [0, 0.05) is 53.4 Å². The van der Waals surface area contributed by atoms with Crippen molar-refractivity contribution in [2.75, 3.05) is 57.4 Å². The highest BCUT2D eigenvalue weighted by Gasteiger charge is 2.17. The molecule has 3 aromatic rings. The van der Waals surface area contributed by atoms with Crippen LogP contribution in [0.3, 0.4) is 0 Å². The Labute approximate surface area is 203 Å². The summed E-state index contributed by atoms with van der Waals surface area (Å²) < 4.78 is 2.34. The van der Waals surface area contributed by atoms with Gasteiger partial charge in [-0.3, -0.25) is 4.68 Å². The number of nitrogens with zero attached hydrogens (tertiary/aromatic N) is 4. The molecule has 0 aliphatic rings. The van der Waals surface area contributed by atoms with Gasteiger partial charge in [-0.25, -0.2) is 0 Å². The van der Waals surface area contributed by atoms with Crippen LogP contribution in [0.2, 0.25) is 10.0 Å². The molecule has 1 heterocycles. The van der Waals surface area contributed by atoms with Crippen LogP contribution in [0.15, 0.2) is 48.7 Å². The zero-order chi connectivity index (χ0) is 23.1. The highest BCUT2D eigenvalue weighted by Crippen LogP contribution is 2.33. The maximum atomic E-state index is 6.42. The van der Waals surface area contributed by atoms with Crippen LogP contribution in [-0.4, -0.2) is 66.8 Å². The number of halogens is 2. The minimum atomic E-state index is 0.746. The van der Waals surface area contributed by atoms with Gasteiger partial charge in [-0.05, 0) is 62.1 Å². The van der Waals surface area contributed by atoms with E-state index in [2.05, 4.69) is 77.6 Å². The summed E-state index contributed by atoms with van der Waals surface area (Å²) in [6, 6.07) is 14.3. The predicted octanol–water partition coefficient (Wildman–Crippen LogP) is 6.24. The predicted molar refractivity (Wildman–Crippen MR) is 141 cm³/mol. The minimum absolute atomic E-state index is 0.746. The van der Waals surface area contributed by atoms with E-state index >= 15 is 0 Å². The van der Waals surface area contributed by atoms with E-state index in [1.54, 1.807) is 0 Å². The number of hydrogen-bond donors (Lipinski definition) is 0. The lowest BCUT2D eigenvalue weighted by Crippen LogP contribution is -2.45. The summed E-state index contributed by atoms with van der Waals surface area (Å²) in [6.45, 7) is 17.2. The van der Waals surface area contributed by atoms with E-state index in [0.717, 1.165) is 73.4 Å². The molecule has 0 aliphatic carbocycles. The number of rotatable bonds is 12. The summed E-state index contributed by atoms with van der Waals surface area (Å²) in [5.41, 5.74) is 3.50. The van der Waals surface area contributed by atoms with Crippen LogP contribution in [-0.2, 0) is 0 Å². The van der Waals surface area contributed by atoms with Gasteiger partial charge in [0.2, 0.25) is 0 Å². The van der Waals surface area contributed by atoms with Crippen molar-refractivity contribution < 1.29 is 0 Å². The zero-order valence-corrected chi connectivity index (χ0v) is 21.3. The molecule has 0 fully saturated rings. The smallest absolute Gasteiger partial charge is 0.0702 e. The monoisotopic (exact) mass is 474 g/mol. The molecule has 0 atom stereocenters. The molecule has 0 N–H and O–H groups in total. The molecule has 0 unspecified atom stereocenters. The zero-order valence-electron chi connectivity index (χ0n) is 19.8. The van der Waals surface area contributed by atoms with Crippen LogP contribution < -0.4 is 5.01 Å². The molecule has 0 bridgehead atoms. The van der Waals surface area contributed by atoms with Crippen LogP contribution in [0.25, 0.3) is 22.0 Å². The van der Waals surface area contributed by atoms with Crippen LogP contribution in [0, 0.1) is 0 Å². The Morgan fingerprint density at radius 1 is 0.688 bits per heavy atom. The quantitative estimate of drug-likeness (QED) is 0.308. The molecule has 32 heavy (non-hydrogen) atoms. The van der Waals surface area contributed by atoms with Gasteiger partial charge in [-0.1, -0.05) is 63.0 Å². The lowest BCUT2D eigenvalue weighted by molar-refractivity contribution is 0.282. The molecule has 2 aromatic carbocycles. The molecule has 6 heteroatoms. The molecule has 0 radical (unpaired) electrons. The number of hydrogen-bond acceptors (Lipinski definition) is 3. The fourth-order valence-electron chi connectivity index (χ4n) is 4.20. The molecule has 0 saturated heterocycles. The lowest BCUT2D eigenvalue weighted by atomic mass is 10.1. The average molecular weight is 476 g/mol. The van der Waals surface area contributed by atoms with Crippen LogP contribution in [0.1, 0.15) is 27.7 Å². The third kappa shape index (κ3) is 5.99. The van der Waals surface area contributed by atoms with Crippen molar-refractivity contribution in [2.45, 2.75) is 27.7 Å². The first kappa shape index (κ1) is 24.9. The molecule has 0 aliphatic heterocycles. The van der Waals surface area contributed by atoms with Gasteiger partial charge in [0.25, 0.3) is 0 Å². The highest BCUT2D eigenvalue weighted by atomic mass is 35.5. The van der Waals surface area contributed by atoms with E-state index in [0.29, 0.717) is 0 Å². The molecular weight excluding hydrogens is 439 g/mol. The Kier molecular flexibility index (Phi) is 9.30. The van der Waals surface area contributed by atoms with Crippen molar-refractivity contribution in [3.8, 4) is 11.1 Å². The standard InChI is InChI=1S/C26H36Cl2N4/c1-5-29(6-2)15-17-31(18-16-30(7-3)8-4)32-20-25(21-9-11-22(27)12-10-21)24-19-23(28)13-14-26(24)32/h9-14,19-20H,5-8,15-18H2,1-4H3. The number of fused-ring (bicyclic) bond motifs is 1. The van der Waals surface area contributed by atoms with E-state index in [4.69, 9.17) is 23.2 Å². The average Bonchev–Trinajstić information content (AvgIpc) is 3.17. The van der Waals surface area contributed by atoms with Crippen molar-refractivity contribution in [2.24, 2.45) is 0 Å². The van der Waals surface area contributed by atoms with Crippen molar-refractivity contribution in [1.82, 2.24) is 14.5 Å². The highest BCUT2D eigenvalue weighted by molar-refractivity contribution is 6.31. The molecule has 0 amide bonds. The van der Waals surface area contributed by atoms with Gasteiger partial charge < -0.3 is 14.8 Å². The molecule has 3 rings (SSSR count). The fourth-order valence-corrected chi connectivity index (χ4v) is 4.50. The number of likely N-dealkylation sites (N-methyl/N-ethyl adjacent to an activating group) is 2. The van der Waals surface area contributed by atoms with Gasteiger partial charge in [-0.15, -0.1) is 0 Å². The molecule has 4 nitrogen and oxygen atoms in total. The maximum Gasteiger partial charge on any atom is 0.0702 e. The second kappa shape index (κ2) is 11.9. The first-order chi connectivity index (χ1) is 15.5. The normalized spacial score (nSPS) is 11.8. The second-order valence-corrected chi connectivity index (χ2v) is 8.94. The van der Waals surface area contributed by atoms with E-state index in [9.17, 15) is 0 Å². The first-order valence-electron chi connectivity index (χ1n) is 11.8. The third-order valence-corrected chi connectivity index (χ3v) is 6.83. The van der Waals surface area contributed by atoms with Crippen molar-refractivity contribution in [3.63, 3.8) is 0 Å². The number of aromatic nitrogens is 1. The minimum Gasteiger partial charge on any atom is -0.310 e. The summed E-state index contributed by atoms with van der Waals surface area (Å²) in [5.74, 6) is 0. The van der Waals surface area contributed by atoms with Crippen molar-refractivity contribution in [3.05, 3.63) is 58.7 Å². The summed E-state index contributed by atoms with van der Waals surface area (Å²) in [7, 11) is 0. The van der Waals surface area contributed by atoms with Gasteiger partial charge in [-0.2, -0.15) is 0 Å². The van der Waals surface area contributed by atoms with E-state index < -0.39 is 0 Å². The summed E-state index contributed by atoms with van der Waals surface area (Å²) in [6.07, 6.45) is 2.26. The fraction of sp³-hybridized carbons (Fsp3) is 0.462. The molecule has 174 valence electrons. The van der Waals surface area contributed by atoms with Crippen LogP contribution in [0.5, 0.6) is 0 Å². The topological polar surface area (TPSA) is 14.7 Å². The molecular formula is C26H36Cl2N4. The number of benzene rings is 2. The van der Waals surface area contributed by atoms with Gasteiger partial charge in [0.05, 0.1) is 5.52 Å². The summed E-state index contributed by atoms with van der Waals surface area (Å²) in [4.78, 5) is 4.96. The lowest BCUT2D eigenvalue weighted by Gasteiger charge is -2.31. The SMILES string of the molecule is CCN(CC)CCN(CCN(CC)CC)n1cc(-c2ccc(Cl)cc2)c2cc(Cl)ccc21. The second-order valence-electron chi connectivity index (χ2n) is 8.06. The molecule has 0 spiro atoms. The van der Waals surface area contributed by atoms with Gasteiger partial charge in [0.1, 0.15) is 0 Å². The molecule has 1 aromatic heterocycles. The van der Waals surface area contributed by atoms with E-state index in [1.165, 1.54) is 11.1 Å². The van der Waals surface area contributed by atoms with E-state index in [-0.39, 0.29) is 0 Å². The Bertz CT molecular complexity index is 959. The van der Waals surface area contributed by atoms with Crippen molar-refractivity contribution in [1.29, 1.82) is 0 Å². The van der Waals surface area contributed by atoms with Gasteiger partial charge >= 0.3 is 0 Å². The van der Waals surface area contributed by atoms with Gasteiger partial charge in [0.15, 0.2) is 0 Å². The maximum absolute atomic E-state index is 6.42. The Hall–Kier alpha value is -1.72. The summed E-state index contributed by atoms with van der Waals surface area (Å²) in [5, 5.41) is 5.14. The summed E-state index contributed by atoms with van der Waals surface area (Å²) >= 11 is 12.6. The third-order valence-electron chi connectivity index (χ3n) is 6.34. The Balaban J connectivity index is 2.02. The van der Waals surface area contributed by atoms with E-state index in [1.807, 2.05) is 18.2 Å². The molecule has 0 saturated carbocycles. The Morgan fingerprint density at radius 2 is 1.22 bits per heavy atom. The first-order valence-corrected chi connectivity index (χ1v) is 12.5.